The molecule has 3 aromatic heterocycles. The van der Waals surface area contributed by atoms with Gasteiger partial charge in [0.15, 0.2) is 5.82 Å². The number of rotatable bonds is 7. The van der Waals surface area contributed by atoms with Gasteiger partial charge in [0.25, 0.3) is 11.8 Å². The molecule has 0 bridgehead atoms. The first-order valence-corrected chi connectivity index (χ1v) is 12.7. The molecule has 0 unspecified atom stereocenters. The second kappa shape index (κ2) is 10.6. The highest BCUT2D eigenvalue weighted by Gasteiger charge is 2.37. The quantitative estimate of drug-likeness (QED) is 0.302. The van der Waals surface area contributed by atoms with Gasteiger partial charge in [0.1, 0.15) is 5.15 Å². The van der Waals surface area contributed by atoms with Gasteiger partial charge in [-0.2, -0.15) is 10.1 Å². The molecule has 0 saturated carbocycles. The van der Waals surface area contributed by atoms with Gasteiger partial charge in [-0.15, -0.1) is 0 Å². The largest absolute Gasteiger partial charge is 0.379 e. The topological polar surface area (TPSA) is 147 Å². The summed E-state index contributed by atoms with van der Waals surface area (Å²) in [5.74, 6) is -0.164. The standard InChI is InChI=1S/C25H30ClN9O3/c1-14-18(23(36)28-4-5-34-6-8-38-9-7-34)12-29-19(14)10-17-20-21(26)31-25(27)32-22(20)35(24(17)37)13-16-11-30-33(3)15(16)2/h10-12,29H,4-9,13H2,1-3H3,(H,28,36)(H2,27,31,32)/b17-10+. The number of morpholine rings is 1. The number of amides is 2. The Labute approximate surface area is 224 Å². The summed E-state index contributed by atoms with van der Waals surface area (Å²) in [5.41, 5.74) is 10.2. The van der Waals surface area contributed by atoms with Gasteiger partial charge in [0.2, 0.25) is 5.95 Å². The van der Waals surface area contributed by atoms with E-state index in [0.29, 0.717) is 53.5 Å². The Bertz CT molecular complexity index is 1420. The summed E-state index contributed by atoms with van der Waals surface area (Å²) in [6.45, 7) is 8.45. The number of hydrogen-bond acceptors (Lipinski definition) is 8. The van der Waals surface area contributed by atoms with Crippen LogP contribution in [0.25, 0.3) is 11.6 Å². The van der Waals surface area contributed by atoms with E-state index < -0.39 is 0 Å². The molecule has 5 heterocycles. The minimum Gasteiger partial charge on any atom is -0.379 e. The minimum absolute atomic E-state index is 0.0252. The van der Waals surface area contributed by atoms with E-state index in [-0.39, 0.29) is 29.5 Å². The Kier molecular flexibility index (Phi) is 7.19. The van der Waals surface area contributed by atoms with Crippen molar-refractivity contribution < 1.29 is 14.3 Å². The van der Waals surface area contributed by atoms with Gasteiger partial charge >= 0.3 is 0 Å². The van der Waals surface area contributed by atoms with Crippen molar-refractivity contribution in [3.05, 3.63) is 51.2 Å². The zero-order chi connectivity index (χ0) is 27.0. The van der Waals surface area contributed by atoms with Gasteiger partial charge in [-0.3, -0.25) is 24.1 Å². The van der Waals surface area contributed by atoms with Gasteiger partial charge < -0.3 is 20.8 Å². The maximum absolute atomic E-state index is 13.7. The molecule has 0 atom stereocenters. The lowest BCUT2D eigenvalue weighted by Gasteiger charge is -2.26. The number of nitrogens with two attached hydrogens (primary N) is 1. The summed E-state index contributed by atoms with van der Waals surface area (Å²) < 4.78 is 7.10. The second-order valence-corrected chi connectivity index (χ2v) is 9.71. The fourth-order valence-corrected chi connectivity index (χ4v) is 4.93. The molecule has 2 amide bonds. The van der Waals surface area contributed by atoms with Gasteiger partial charge in [-0.1, -0.05) is 11.6 Å². The number of carbonyl (C=O) groups is 2. The van der Waals surface area contributed by atoms with Crippen LogP contribution in [0.1, 0.15) is 38.4 Å². The normalized spacial score (nSPS) is 16.9. The number of aromatic nitrogens is 5. The van der Waals surface area contributed by atoms with Crippen molar-refractivity contribution in [2.24, 2.45) is 7.05 Å². The van der Waals surface area contributed by atoms with Crippen molar-refractivity contribution in [2.75, 3.05) is 50.0 Å². The number of aromatic amines is 1. The molecule has 5 rings (SSSR count). The Morgan fingerprint density at radius 2 is 2.05 bits per heavy atom. The van der Waals surface area contributed by atoms with Crippen molar-refractivity contribution in [3.8, 4) is 0 Å². The van der Waals surface area contributed by atoms with E-state index >= 15 is 0 Å². The van der Waals surface area contributed by atoms with Gasteiger partial charge in [0, 0.05) is 56.4 Å². The second-order valence-electron chi connectivity index (χ2n) is 9.35. The van der Waals surface area contributed by atoms with Crippen LogP contribution in [0.2, 0.25) is 5.15 Å². The van der Waals surface area contributed by atoms with Crippen LogP contribution < -0.4 is 16.0 Å². The fourth-order valence-electron chi connectivity index (χ4n) is 4.65. The predicted molar refractivity (Wildman–Crippen MR) is 144 cm³/mol. The van der Waals surface area contributed by atoms with Crippen LogP contribution in [0.4, 0.5) is 11.8 Å². The molecule has 200 valence electrons. The zero-order valence-corrected chi connectivity index (χ0v) is 22.3. The smallest absolute Gasteiger partial charge is 0.260 e. The number of fused-ring (bicyclic) bond motifs is 1. The fraction of sp³-hybridized carbons (Fsp3) is 0.400. The maximum Gasteiger partial charge on any atom is 0.260 e. The summed E-state index contributed by atoms with van der Waals surface area (Å²) in [5, 5.41) is 7.33. The Morgan fingerprint density at radius 1 is 1.29 bits per heavy atom. The molecule has 0 radical (unpaired) electrons. The summed E-state index contributed by atoms with van der Waals surface area (Å²) in [4.78, 5) is 41.8. The van der Waals surface area contributed by atoms with Crippen LogP contribution in [-0.2, 0) is 23.1 Å². The summed E-state index contributed by atoms with van der Waals surface area (Å²) in [6, 6.07) is 0. The van der Waals surface area contributed by atoms with Crippen molar-refractivity contribution >= 4 is 46.8 Å². The molecule has 0 aliphatic carbocycles. The molecule has 0 spiro atoms. The number of nitrogens with zero attached hydrogens (tertiary/aromatic N) is 6. The van der Waals surface area contributed by atoms with Crippen LogP contribution >= 0.6 is 11.6 Å². The van der Waals surface area contributed by atoms with E-state index in [9.17, 15) is 9.59 Å². The molecule has 3 aromatic rings. The first-order chi connectivity index (χ1) is 18.2. The molecule has 0 aromatic carbocycles. The number of nitrogen functional groups attached to an aromatic ring is 1. The minimum atomic E-state index is -0.296. The lowest BCUT2D eigenvalue weighted by Crippen LogP contribution is -2.41. The lowest BCUT2D eigenvalue weighted by atomic mass is 10.1. The Morgan fingerprint density at radius 3 is 2.76 bits per heavy atom. The highest BCUT2D eigenvalue weighted by atomic mass is 35.5. The average Bonchev–Trinajstić information content (AvgIpc) is 3.50. The van der Waals surface area contributed by atoms with Crippen molar-refractivity contribution in [1.82, 2.24) is 34.9 Å². The first-order valence-electron chi connectivity index (χ1n) is 12.3. The van der Waals surface area contributed by atoms with Crippen LogP contribution in [0, 0.1) is 13.8 Å². The van der Waals surface area contributed by atoms with Crippen molar-refractivity contribution in [2.45, 2.75) is 20.4 Å². The zero-order valence-electron chi connectivity index (χ0n) is 21.5. The highest BCUT2D eigenvalue weighted by Crippen LogP contribution is 2.41. The third-order valence-electron chi connectivity index (χ3n) is 7.06. The molecule has 12 nitrogen and oxygen atoms in total. The van der Waals surface area contributed by atoms with Crippen LogP contribution in [0.5, 0.6) is 0 Å². The third-order valence-corrected chi connectivity index (χ3v) is 7.33. The highest BCUT2D eigenvalue weighted by molar-refractivity contribution is 6.41. The van der Waals surface area contributed by atoms with Crippen molar-refractivity contribution in [1.29, 1.82) is 0 Å². The van der Waals surface area contributed by atoms with Gasteiger partial charge in [-0.25, -0.2) is 4.98 Å². The number of carbonyl (C=O) groups excluding carboxylic acids is 2. The number of ether oxygens (including phenoxy) is 1. The number of nitrogens with one attached hydrogen (secondary N) is 2. The first kappa shape index (κ1) is 25.9. The van der Waals surface area contributed by atoms with E-state index in [2.05, 4.69) is 30.3 Å². The molecule has 13 heteroatoms. The molecule has 1 saturated heterocycles. The molecular formula is C25H30ClN9O3. The van der Waals surface area contributed by atoms with E-state index in [1.807, 2.05) is 20.9 Å². The van der Waals surface area contributed by atoms with E-state index in [4.69, 9.17) is 22.1 Å². The SMILES string of the molecule is Cc1c(C(=O)NCCN2CCOCC2)c[nH]c1/C=C1/C(=O)N(Cc2cnn(C)c2C)c2nc(N)nc(Cl)c21. The van der Waals surface area contributed by atoms with Crippen LogP contribution in [0.15, 0.2) is 12.4 Å². The van der Waals surface area contributed by atoms with E-state index in [0.717, 1.165) is 30.9 Å². The summed E-state index contributed by atoms with van der Waals surface area (Å²) in [7, 11) is 1.84. The number of anilines is 2. The van der Waals surface area contributed by atoms with E-state index in [1.165, 1.54) is 4.90 Å². The van der Waals surface area contributed by atoms with Crippen LogP contribution in [0.3, 0.4) is 0 Å². The van der Waals surface area contributed by atoms with Crippen molar-refractivity contribution in [3.63, 3.8) is 0 Å². The molecule has 1 fully saturated rings. The van der Waals surface area contributed by atoms with Gasteiger partial charge in [0.05, 0.1) is 42.7 Å². The van der Waals surface area contributed by atoms with E-state index in [1.54, 1.807) is 23.2 Å². The number of halogens is 1. The molecule has 2 aliphatic heterocycles. The lowest BCUT2D eigenvalue weighted by molar-refractivity contribution is -0.113. The summed E-state index contributed by atoms with van der Waals surface area (Å²) in [6.07, 6.45) is 5.04. The Hall–Kier alpha value is -3.74. The number of hydrogen-bond donors (Lipinski definition) is 3. The maximum atomic E-state index is 13.7. The molecule has 2 aliphatic rings. The Balaban J connectivity index is 1.39. The number of aryl methyl sites for hydroxylation is 1. The number of H-pyrrole nitrogens is 1. The molecule has 38 heavy (non-hydrogen) atoms. The predicted octanol–water partition coefficient (Wildman–Crippen LogP) is 1.54. The monoisotopic (exact) mass is 539 g/mol. The third kappa shape index (κ3) is 4.89. The molecular weight excluding hydrogens is 510 g/mol. The van der Waals surface area contributed by atoms with Gasteiger partial charge in [-0.05, 0) is 25.5 Å². The van der Waals surface area contributed by atoms with Crippen LogP contribution in [-0.4, -0.2) is 80.8 Å². The summed E-state index contributed by atoms with van der Waals surface area (Å²) >= 11 is 6.47. The molecule has 4 N–H and O–H groups in total. The average molecular weight is 540 g/mol.